The van der Waals surface area contributed by atoms with E-state index in [4.69, 9.17) is 0 Å². The number of nitrogens with one attached hydrogen (secondary N) is 1. The molecule has 152 valence electrons. The van der Waals surface area contributed by atoms with Gasteiger partial charge in [0.15, 0.2) is 0 Å². The Balaban J connectivity index is 1.81. The molecule has 0 saturated heterocycles. The van der Waals surface area contributed by atoms with Crippen LogP contribution in [0.3, 0.4) is 0 Å². The molecular formula is C24H22N2O3S. The van der Waals surface area contributed by atoms with Gasteiger partial charge in [0.25, 0.3) is 15.9 Å². The maximum Gasteiger partial charge on any atom is 0.265 e. The summed E-state index contributed by atoms with van der Waals surface area (Å²) in [5.41, 5.74) is 5.05. The van der Waals surface area contributed by atoms with Gasteiger partial charge in [0.1, 0.15) is 0 Å². The molecule has 0 aliphatic carbocycles. The van der Waals surface area contributed by atoms with E-state index in [2.05, 4.69) is 11.9 Å². The minimum absolute atomic E-state index is 0.150. The van der Waals surface area contributed by atoms with E-state index in [1.807, 2.05) is 32.0 Å². The smallest absolute Gasteiger partial charge is 0.265 e. The Hall–Kier alpha value is -3.38. The molecule has 0 aromatic heterocycles. The van der Waals surface area contributed by atoms with Crippen LogP contribution in [0.4, 0.5) is 11.4 Å². The van der Waals surface area contributed by atoms with Gasteiger partial charge in [-0.25, -0.2) is 8.42 Å². The number of sulfonamides is 1. The van der Waals surface area contributed by atoms with E-state index < -0.39 is 10.0 Å². The lowest BCUT2D eigenvalue weighted by molar-refractivity contribution is 0.102. The number of carbonyl (C=O) groups is 1. The van der Waals surface area contributed by atoms with E-state index in [9.17, 15) is 13.2 Å². The maximum absolute atomic E-state index is 13.1. The van der Waals surface area contributed by atoms with Gasteiger partial charge in [-0.15, -0.1) is 6.58 Å². The van der Waals surface area contributed by atoms with E-state index in [0.29, 0.717) is 22.4 Å². The van der Waals surface area contributed by atoms with Gasteiger partial charge in [0.2, 0.25) is 0 Å². The Bertz CT molecular complexity index is 1260. The summed E-state index contributed by atoms with van der Waals surface area (Å²) >= 11 is 0. The minimum atomic E-state index is -3.69. The highest BCUT2D eigenvalue weighted by molar-refractivity contribution is 7.93. The first-order chi connectivity index (χ1) is 14.3. The monoisotopic (exact) mass is 418 g/mol. The van der Waals surface area contributed by atoms with Crippen LogP contribution in [0, 0.1) is 13.8 Å². The zero-order valence-electron chi connectivity index (χ0n) is 16.8. The largest absolute Gasteiger partial charge is 0.322 e. The quantitative estimate of drug-likeness (QED) is 0.612. The lowest BCUT2D eigenvalue weighted by Gasteiger charge is -2.31. The Morgan fingerprint density at radius 3 is 2.40 bits per heavy atom. The molecule has 0 unspecified atom stereocenters. The first-order valence-electron chi connectivity index (χ1n) is 9.59. The molecule has 30 heavy (non-hydrogen) atoms. The first kappa shape index (κ1) is 19.9. The molecule has 1 N–H and O–H groups in total. The molecule has 5 nitrogen and oxygen atoms in total. The summed E-state index contributed by atoms with van der Waals surface area (Å²) in [5, 5.41) is 2.99. The fourth-order valence-corrected chi connectivity index (χ4v) is 5.45. The zero-order chi connectivity index (χ0) is 21.5. The molecule has 0 radical (unpaired) electrons. The molecule has 0 spiro atoms. The van der Waals surface area contributed by atoms with E-state index in [1.54, 1.807) is 48.5 Å². The highest BCUT2D eigenvalue weighted by atomic mass is 32.2. The van der Waals surface area contributed by atoms with Gasteiger partial charge in [-0.05, 0) is 49.2 Å². The van der Waals surface area contributed by atoms with Crippen LogP contribution in [0.2, 0.25) is 0 Å². The van der Waals surface area contributed by atoms with Crippen LogP contribution >= 0.6 is 0 Å². The van der Waals surface area contributed by atoms with Gasteiger partial charge in [0, 0.05) is 22.4 Å². The average Bonchev–Trinajstić information content (AvgIpc) is 2.73. The van der Waals surface area contributed by atoms with Crippen molar-refractivity contribution >= 4 is 27.3 Å². The second-order valence-electron chi connectivity index (χ2n) is 7.27. The van der Waals surface area contributed by atoms with Crippen LogP contribution in [0.1, 0.15) is 21.5 Å². The number of anilines is 2. The molecule has 0 fully saturated rings. The molecule has 1 aliphatic heterocycles. The Labute approximate surface area is 176 Å². The number of carbonyl (C=O) groups excluding carboxylic acids is 1. The molecule has 3 aromatic rings. The van der Waals surface area contributed by atoms with Crippen molar-refractivity contribution in [3.63, 3.8) is 0 Å². The van der Waals surface area contributed by atoms with Gasteiger partial charge in [-0.3, -0.25) is 9.10 Å². The third-order valence-corrected chi connectivity index (χ3v) is 7.13. The number of amides is 1. The highest BCUT2D eigenvalue weighted by Crippen LogP contribution is 2.43. The van der Waals surface area contributed by atoms with Crippen molar-refractivity contribution in [2.45, 2.75) is 18.7 Å². The zero-order valence-corrected chi connectivity index (χ0v) is 17.7. The molecule has 1 heterocycles. The molecule has 1 aliphatic rings. The molecule has 0 atom stereocenters. The average molecular weight is 419 g/mol. The number of benzene rings is 3. The van der Waals surface area contributed by atoms with Crippen LogP contribution in [-0.2, 0) is 10.0 Å². The van der Waals surface area contributed by atoms with Crippen molar-refractivity contribution in [3.05, 3.63) is 90.0 Å². The number of hydrogen-bond acceptors (Lipinski definition) is 3. The Morgan fingerprint density at radius 1 is 1.00 bits per heavy atom. The summed E-state index contributed by atoms with van der Waals surface area (Å²) in [6.45, 7) is 7.73. The molecule has 4 rings (SSSR count). The topological polar surface area (TPSA) is 66.5 Å². The Kier molecular flexibility index (Phi) is 4.95. The van der Waals surface area contributed by atoms with Crippen LogP contribution < -0.4 is 9.62 Å². The maximum atomic E-state index is 13.1. The van der Waals surface area contributed by atoms with Crippen LogP contribution in [0.5, 0.6) is 0 Å². The predicted molar refractivity (Wildman–Crippen MR) is 120 cm³/mol. The fraction of sp³-hybridized carbons (Fsp3) is 0.125. The van der Waals surface area contributed by atoms with Crippen LogP contribution in [0.15, 0.2) is 78.2 Å². The number of nitrogens with zero attached hydrogens (tertiary/aromatic N) is 1. The van der Waals surface area contributed by atoms with Gasteiger partial charge in [-0.1, -0.05) is 42.5 Å². The van der Waals surface area contributed by atoms with E-state index in [0.717, 1.165) is 16.8 Å². The number of fused-ring (bicyclic) bond motifs is 3. The molecular weight excluding hydrogens is 396 g/mol. The first-order valence-corrected chi connectivity index (χ1v) is 11.0. The number of aryl methyl sites for hydroxylation is 2. The predicted octanol–water partition coefficient (Wildman–Crippen LogP) is 4.92. The second kappa shape index (κ2) is 7.46. The van der Waals surface area contributed by atoms with Crippen molar-refractivity contribution in [2.75, 3.05) is 16.2 Å². The van der Waals surface area contributed by atoms with E-state index in [-0.39, 0.29) is 17.3 Å². The standard InChI is InChI=1S/C24H22N2O3S/c1-4-14-26-21-13-12-18(24(27)25-23-16(2)8-7-9-17(23)3)15-20(21)19-10-5-6-11-22(19)30(26,28)29/h4-13,15H,1,14H2,2-3H3,(H,25,27). The molecule has 1 amide bonds. The number of para-hydroxylation sites is 1. The highest BCUT2D eigenvalue weighted by Gasteiger charge is 2.34. The lowest BCUT2D eigenvalue weighted by Crippen LogP contribution is -2.34. The van der Waals surface area contributed by atoms with Gasteiger partial charge in [-0.2, -0.15) is 0 Å². The summed E-state index contributed by atoms with van der Waals surface area (Å²) in [6.07, 6.45) is 1.55. The third-order valence-electron chi connectivity index (χ3n) is 5.29. The van der Waals surface area contributed by atoms with Crippen LogP contribution in [-0.4, -0.2) is 20.9 Å². The van der Waals surface area contributed by atoms with Gasteiger partial charge in [0.05, 0.1) is 17.1 Å². The minimum Gasteiger partial charge on any atom is -0.322 e. The van der Waals surface area contributed by atoms with Crippen molar-refractivity contribution in [1.29, 1.82) is 0 Å². The lowest BCUT2D eigenvalue weighted by atomic mass is 9.99. The fourth-order valence-electron chi connectivity index (χ4n) is 3.78. The van der Waals surface area contributed by atoms with Crippen molar-refractivity contribution < 1.29 is 13.2 Å². The van der Waals surface area contributed by atoms with Crippen molar-refractivity contribution in [2.24, 2.45) is 0 Å². The molecule has 3 aromatic carbocycles. The van der Waals surface area contributed by atoms with Gasteiger partial charge >= 0.3 is 0 Å². The Morgan fingerprint density at radius 2 is 1.70 bits per heavy atom. The second-order valence-corrected chi connectivity index (χ2v) is 9.10. The summed E-state index contributed by atoms with van der Waals surface area (Å²) in [4.78, 5) is 13.2. The molecule has 0 bridgehead atoms. The summed E-state index contributed by atoms with van der Waals surface area (Å²) < 4.78 is 27.5. The summed E-state index contributed by atoms with van der Waals surface area (Å²) in [6, 6.07) is 17.8. The molecule has 6 heteroatoms. The van der Waals surface area contributed by atoms with Crippen LogP contribution in [0.25, 0.3) is 11.1 Å². The molecule has 0 saturated carbocycles. The number of rotatable bonds is 4. The van der Waals surface area contributed by atoms with E-state index in [1.165, 1.54) is 4.31 Å². The van der Waals surface area contributed by atoms with Crippen molar-refractivity contribution in [1.82, 2.24) is 0 Å². The normalized spacial score (nSPS) is 13.9. The summed E-state index contributed by atoms with van der Waals surface area (Å²) in [7, 11) is -3.69. The van der Waals surface area contributed by atoms with Gasteiger partial charge < -0.3 is 5.32 Å². The van der Waals surface area contributed by atoms with E-state index >= 15 is 0 Å². The number of hydrogen-bond donors (Lipinski definition) is 1. The summed E-state index contributed by atoms with van der Waals surface area (Å²) in [5.74, 6) is -0.239. The third kappa shape index (κ3) is 3.19. The van der Waals surface area contributed by atoms with Crippen molar-refractivity contribution in [3.8, 4) is 11.1 Å². The SMILES string of the molecule is C=CCN1c2ccc(C(=O)Nc3c(C)cccc3C)cc2-c2ccccc2S1(=O)=O.